The van der Waals surface area contributed by atoms with E-state index in [-0.39, 0.29) is 29.7 Å². The molecule has 0 radical (unpaired) electrons. The summed E-state index contributed by atoms with van der Waals surface area (Å²) < 4.78 is 17.6. The zero-order valence-corrected chi connectivity index (χ0v) is 46.9. The van der Waals surface area contributed by atoms with Crippen molar-refractivity contribution >= 4 is 17.9 Å². The van der Waals surface area contributed by atoms with Crippen molar-refractivity contribution in [3.63, 3.8) is 0 Å². The Kier molecular flexibility index (Phi) is 50.5. The van der Waals surface area contributed by atoms with E-state index in [4.69, 9.17) is 14.2 Å². The average Bonchev–Trinajstić information content (AvgIpc) is 3.32. The van der Waals surface area contributed by atoms with Gasteiger partial charge in [-0.15, -0.1) is 0 Å². The minimum Gasteiger partial charge on any atom is -0.466 e. The largest absolute Gasteiger partial charge is 0.466 e. The van der Waals surface area contributed by atoms with Crippen molar-refractivity contribution in [1.29, 1.82) is 0 Å². The van der Waals surface area contributed by atoms with Crippen LogP contribution in [0, 0.1) is 23.7 Å². The van der Waals surface area contributed by atoms with Crippen LogP contribution >= 0.6 is 0 Å². The van der Waals surface area contributed by atoms with Gasteiger partial charge in [0.2, 0.25) is 0 Å². The Morgan fingerprint density at radius 2 is 0.647 bits per heavy atom. The van der Waals surface area contributed by atoms with Gasteiger partial charge in [-0.1, -0.05) is 253 Å². The summed E-state index contributed by atoms with van der Waals surface area (Å²) in [5, 5.41) is 0. The summed E-state index contributed by atoms with van der Waals surface area (Å²) in [6.07, 6.45) is 51.4. The average molecular weight is 963 g/mol. The Labute approximate surface area is 424 Å². The van der Waals surface area contributed by atoms with Crippen molar-refractivity contribution in [3.05, 3.63) is 0 Å². The lowest BCUT2D eigenvalue weighted by Gasteiger charge is -2.21. The number of nitrogens with zero attached hydrogens (tertiary/aromatic N) is 1. The van der Waals surface area contributed by atoms with E-state index in [2.05, 4.69) is 27.7 Å². The third-order valence-corrected chi connectivity index (χ3v) is 14.8. The molecule has 0 saturated heterocycles. The lowest BCUT2D eigenvalue weighted by atomic mass is 9.91. The Bertz CT molecular complexity index is 979. The van der Waals surface area contributed by atoms with Crippen LogP contribution in [-0.2, 0) is 28.6 Å². The quantitative estimate of drug-likeness (QED) is 0.0341. The summed E-state index contributed by atoms with van der Waals surface area (Å²) in [4.78, 5) is 40.9. The molecule has 0 N–H and O–H groups in total. The standard InChI is InChI=1S/C61H119NO6/c1-8-13-17-21-25-29-33-41-55(42-34-30-26-22-18-14-9-2)49-51-66-59(63)47-39-37-45-57(54-68-61(65)58(12-5)53-62(6)7)46-38-40-48-60(64)67-52-50-56(43-35-31-27-23-19-15-10-3)44-36-32-28-24-20-16-11-4/h55-58H,8-54H2,1-7H3. The molecular weight excluding hydrogens is 843 g/mol. The van der Waals surface area contributed by atoms with Crippen LogP contribution in [0.2, 0.25) is 0 Å². The second kappa shape index (κ2) is 51.7. The predicted octanol–water partition coefficient (Wildman–Crippen LogP) is 18.5. The molecule has 0 spiro atoms. The number of carbonyl (C=O) groups excluding carboxylic acids is 3. The second-order valence-electron chi connectivity index (χ2n) is 21.7. The van der Waals surface area contributed by atoms with Gasteiger partial charge in [-0.25, -0.2) is 0 Å². The van der Waals surface area contributed by atoms with Crippen molar-refractivity contribution in [2.24, 2.45) is 23.7 Å². The summed E-state index contributed by atoms with van der Waals surface area (Å²) in [6.45, 7) is 13.3. The molecule has 0 aliphatic heterocycles. The van der Waals surface area contributed by atoms with E-state index in [0.29, 0.717) is 51.0 Å². The molecule has 0 saturated carbocycles. The van der Waals surface area contributed by atoms with E-state index in [1.54, 1.807) is 0 Å². The maximum Gasteiger partial charge on any atom is 0.310 e. The molecule has 0 aliphatic carbocycles. The van der Waals surface area contributed by atoms with E-state index in [9.17, 15) is 14.4 Å². The fourth-order valence-electron chi connectivity index (χ4n) is 10.1. The van der Waals surface area contributed by atoms with Crippen LogP contribution < -0.4 is 0 Å². The van der Waals surface area contributed by atoms with Crippen LogP contribution in [0.25, 0.3) is 0 Å². The minimum absolute atomic E-state index is 0.0755. The van der Waals surface area contributed by atoms with Gasteiger partial charge in [0.25, 0.3) is 0 Å². The van der Waals surface area contributed by atoms with Gasteiger partial charge in [-0.05, 0) is 76.8 Å². The van der Waals surface area contributed by atoms with Crippen LogP contribution in [-0.4, -0.2) is 63.3 Å². The molecule has 0 amide bonds. The van der Waals surface area contributed by atoms with Crippen molar-refractivity contribution < 1.29 is 28.6 Å². The fraction of sp³-hybridized carbons (Fsp3) is 0.951. The maximum absolute atomic E-state index is 13.1. The first-order valence-electron chi connectivity index (χ1n) is 30.3. The van der Waals surface area contributed by atoms with E-state index in [1.807, 2.05) is 25.9 Å². The van der Waals surface area contributed by atoms with Crippen molar-refractivity contribution in [3.8, 4) is 0 Å². The number of rotatable bonds is 54. The molecule has 0 heterocycles. The Hall–Kier alpha value is -1.63. The van der Waals surface area contributed by atoms with Crippen molar-refractivity contribution in [1.82, 2.24) is 4.90 Å². The Balaban J connectivity index is 4.96. The number of hydrogen-bond acceptors (Lipinski definition) is 7. The number of esters is 3. The van der Waals surface area contributed by atoms with Crippen LogP contribution in [0.3, 0.4) is 0 Å². The molecule has 68 heavy (non-hydrogen) atoms. The highest BCUT2D eigenvalue weighted by Gasteiger charge is 2.21. The van der Waals surface area contributed by atoms with Crippen LogP contribution in [0.1, 0.15) is 311 Å². The van der Waals surface area contributed by atoms with Crippen LogP contribution in [0.5, 0.6) is 0 Å². The first kappa shape index (κ1) is 66.4. The van der Waals surface area contributed by atoms with Gasteiger partial charge in [0.1, 0.15) is 0 Å². The lowest BCUT2D eigenvalue weighted by molar-refractivity contribution is -0.150. The van der Waals surface area contributed by atoms with Crippen molar-refractivity contribution in [2.75, 3.05) is 40.5 Å². The van der Waals surface area contributed by atoms with Gasteiger partial charge < -0.3 is 19.1 Å². The van der Waals surface area contributed by atoms with Crippen molar-refractivity contribution in [2.45, 2.75) is 311 Å². The zero-order chi connectivity index (χ0) is 50.0. The van der Waals surface area contributed by atoms with Gasteiger partial charge in [0.05, 0.1) is 25.7 Å². The maximum atomic E-state index is 13.1. The third kappa shape index (κ3) is 45.5. The lowest BCUT2D eigenvalue weighted by Crippen LogP contribution is -2.30. The third-order valence-electron chi connectivity index (χ3n) is 14.8. The van der Waals surface area contributed by atoms with Crippen LogP contribution in [0.4, 0.5) is 0 Å². The summed E-state index contributed by atoms with van der Waals surface area (Å²) in [5.41, 5.74) is 0. The summed E-state index contributed by atoms with van der Waals surface area (Å²) >= 11 is 0. The first-order valence-corrected chi connectivity index (χ1v) is 30.3. The van der Waals surface area contributed by atoms with Gasteiger partial charge in [-0.3, -0.25) is 14.4 Å². The fourth-order valence-corrected chi connectivity index (χ4v) is 10.1. The van der Waals surface area contributed by atoms with E-state index in [0.717, 1.165) is 57.8 Å². The highest BCUT2D eigenvalue weighted by molar-refractivity contribution is 5.72. The molecule has 0 fully saturated rings. The second-order valence-corrected chi connectivity index (χ2v) is 21.7. The highest BCUT2D eigenvalue weighted by atomic mass is 16.5. The molecule has 1 unspecified atom stereocenters. The molecule has 0 aromatic rings. The Morgan fingerprint density at radius 3 is 0.956 bits per heavy atom. The molecular formula is C61H119NO6. The number of unbranched alkanes of at least 4 members (excludes halogenated alkanes) is 26. The first-order chi connectivity index (χ1) is 33.2. The summed E-state index contributed by atoms with van der Waals surface area (Å²) in [5.74, 6) is 1.12. The number of ether oxygens (including phenoxy) is 3. The van der Waals surface area contributed by atoms with Crippen LogP contribution in [0.15, 0.2) is 0 Å². The molecule has 0 aliphatic rings. The predicted molar refractivity (Wildman–Crippen MR) is 292 cm³/mol. The van der Waals surface area contributed by atoms with Gasteiger partial charge >= 0.3 is 17.9 Å². The van der Waals surface area contributed by atoms with E-state index >= 15 is 0 Å². The van der Waals surface area contributed by atoms with E-state index in [1.165, 1.54) is 205 Å². The van der Waals surface area contributed by atoms with E-state index < -0.39 is 0 Å². The zero-order valence-electron chi connectivity index (χ0n) is 46.9. The molecule has 0 aromatic heterocycles. The van der Waals surface area contributed by atoms with Gasteiger partial charge in [-0.2, -0.15) is 0 Å². The molecule has 0 aromatic carbocycles. The van der Waals surface area contributed by atoms with Gasteiger partial charge in [0, 0.05) is 19.4 Å². The smallest absolute Gasteiger partial charge is 0.310 e. The molecule has 1 atom stereocenters. The summed E-state index contributed by atoms with van der Waals surface area (Å²) in [6, 6.07) is 0. The monoisotopic (exact) mass is 962 g/mol. The summed E-state index contributed by atoms with van der Waals surface area (Å²) in [7, 11) is 3.99. The highest BCUT2D eigenvalue weighted by Crippen LogP contribution is 2.25. The normalized spacial score (nSPS) is 12.2. The molecule has 0 bridgehead atoms. The minimum atomic E-state index is -0.133. The topological polar surface area (TPSA) is 82.1 Å². The molecule has 0 rings (SSSR count). The Morgan fingerprint density at radius 1 is 0.353 bits per heavy atom. The molecule has 404 valence electrons. The van der Waals surface area contributed by atoms with Gasteiger partial charge in [0.15, 0.2) is 0 Å². The number of hydrogen-bond donors (Lipinski definition) is 0. The molecule has 7 nitrogen and oxygen atoms in total. The number of carbonyl (C=O) groups is 3. The SMILES string of the molecule is CCCCCCCCCC(CCCCCCCCC)CCOC(=O)CCCCC(CCCCC(=O)OCCC(CCCCCCCCC)CCCCCCCCC)COC(=O)C(CC)CN(C)C. The molecule has 7 heteroatoms.